The Morgan fingerprint density at radius 2 is 1.63 bits per heavy atom. The maximum atomic E-state index is 6.55. The van der Waals surface area contributed by atoms with Crippen LogP contribution < -0.4 is 5.73 Å². The molecule has 2 unspecified atom stereocenters. The third kappa shape index (κ3) is 4.63. The van der Waals surface area contributed by atoms with Crippen LogP contribution in [0.2, 0.25) is 0 Å². The van der Waals surface area contributed by atoms with Gasteiger partial charge >= 0.3 is 0 Å². The largest absolute Gasteiger partial charge is 0.323 e. The molecular weight excluding hydrogens is 232 g/mol. The molecule has 1 rings (SSSR count). The van der Waals surface area contributed by atoms with Crippen LogP contribution in [0.1, 0.15) is 46.2 Å². The van der Waals surface area contributed by atoms with E-state index in [1.165, 1.54) is 5.56 Å². The predicted molar refractivity (Wildman–Crippen MR) is 84.1 cm³/mol. The smallest absolute Gasteiger partial charge is 0.0455 e. The molecule has 2 N–H and O–H groups in total. The summed E-state index contributed by atoms with van der Waals surface area (Å²) in [6.45, 7) is 13.5. The summed E-state index contributed by atoms with van der Waals surface area (Å²) in [5.74, 6) is 1.22. The van der Waals surface area contributed by atoms with E-state index >= 15 is 0 Å². The fraction of sp³-hybridized carbons (Fsp3) is 0.647. The molecule has 1 aromatic carbocycles. The van der Waals surface area contributed by atoms with E-state index in [9.17, 15) is 0 Å². The molecule has 108 valence electrons. The maximum absolute atomic E-state index is 6.55. The van der Waals surface area contributed by atoms with E-state index in [-0.39, 0.29) is 6.04 Å². The Morgan fingerprint density at radius 3 is 2.05 bits per heavy atom. The molecule has 0 spiro atoms. The fourth-order valence-electron chi connectivity index (χ4n) is 2.87. The van der Waals surface area contributed by atoms with Gasteiger partial charge in [0.2, 0.25) is 0 Å². The van der Waals surface area contributed by atoms with Gasteiger partial charge in [-0.25, -0.2) is 0 Å². The molecular formula is C17H30N2. The van der Waals surface area contributed by atoms with Crippen LogP contribution in [0.4, 0.5) is 0 Å². The van der Waals surface area contributed by atoms with Crippen LogP contribution in [0.15, 0.2) is 30.3 Å². The van der Waals surface area contributed by atoms with Gasteiger partial charge in [-0.05, 0) is 23.9 Å². The summed E-state index contributed by atoms with van der Waals surface area (Å²) >= 11 is 0. The van der Waals surface area contributed by atoms with E-state index in [4.69, 9.17) is 5.73 Å². The number of nitrogens with two attached hydrogens (primary N) is 1. The number of rotatable bonds is 7. The highest BCUT2D eigenvalue weighted by molar-refractivity contribution is 5.20. The zero-order chi connectivity index (χ0) is 14.4. The van der Waals surface area contributed by atoms with Crippen molar-refractivity contribution in [1.29, 1.82) is 0 Å². The lowest BCUT2D eigenvalue weighted by molar-refractivity contribution is 0.122. The highest BCUT2D eigenvalue weighted by atomic mass is 15.2. The molecule has 0 heterocycles. The van der Waals surface area contributed by atoms with Gasteiger partial charge < -0.3 is 5.73 Å². The van der Waals surface area contributed by atoms with Gasteiger partial charge in [0.1, 0.15) is 0 Å². The first-order chi connectivity index (χ1) is 8.97. The second kappa shape index (κ2) is 7.66. The van der Waals surface area contributed by atoms with Gasteiger partial charge in [-0.1, -0.05) is 65.0 Å². The second-order valence-corrected chi connectivity index (χ2v) is 6.15. The first-order valence-corrected chi connectivity index (χ1v) is 7.51. The third-order valence-electron chi connectivity index (χ3n) is 3.66. The van der Waals surface area contributed by atoms with Crippen molar-refractivity contribution in [2.24, 2.45) is 17.6 Å². The summed E-state index contributed by atoms with van der Waals surface area (Å²) in [6.07, 6.45) is 0. The van der Waals surface area contributed by atoms with Crippen molar-refractivity contribution in [2.45, 2.75) is 46.7 Å². The molecule has 0 aliphatic carbocycles. The van der Waals surface area contributed by atoms with Crippen LogP contribution >= 0.6 is 0 Å². The van der Waals surface area contributed by atoms with Crippen LogP contribution in [0.5, 0.6) is 0 Å². The second-order valence-electron chi connectivity index (χ2n) is 6.15. The summed E-state index contributed by atoms with van der Waals surface area (Å²) < 4.78 is 0. The van der Waals surface area contributed by atoms with Crippen LogP contribution in [-0.2, 0) is 0 Å². The van der Waals surface area contributed by atoms with Gasteiger partial charge in [0.15, 0.2) is 0 Å². The quantitative estimate of drug-likeness (QED) is 0.812. The van der Waals surface area contributed by atoms with Crippen molar-refractivity contribution in [3.8, 4) is 0 Å². The molecule has 0 aliphatic heterocycles. The lowest BCUT2D eigenvalue weighted by Crippen LogP contribution is -2.47. The first kappa shape index (κ1) is 16.2. The minimum absolute atomic E-state index is 0.0832. The molecule has 19 heavy (non-hydrogen) atoms. The highest BCUT2D eigenvalue weighted by Crippen LogP contribution is 2.25. The number of nitrogens with zero attached hydrogens (tertiary/aromatic N) is 1. The van der Waals surface area contributed by atoms with Crippen molar-refractivity contribution >= 4 is 0 Å². The number of benzene rings is 1. The Labute approximate surface area is 119 Å². The lowest BCUT2D eigenvalue weighted by Gasteiger charge is -2.38. The van der Waals surface area contributed by atoms with Gasteiger partial charge in [0.05, 0.1) is 0 Å². The zero-order valence-electron chi connectivity index (χ0n) is 13.1. The third-order valence-corrected chi connectivity index (χ3v) is 3.66. The molecule has 0 fully saturated rings. The minimum Gasteiger partial charge on any atom is -0.323 e. The van der Waals surface area contributed by atoms with Crippen molar-refractivity contribution in [3.05, 3.63) is 35.9 Å². The Kier molecular flexibility index (Phi) is 6.53. The van der Waals surface area contributed by atoms with E-state index in [0.717, 1.165) is 13.1 Å². The predicted octanol–water partition coefficient (Wildman–Crippen LogP) is 3.69. The van der Waals surface area contributed by atoms with Crippen molar-refractivity contribution in [2.75, 3.05) is 13.1 Å². The Morgan fingerprint density at radius 1 is 1.05 bits per heavy atom. The van der Waals surface area contributed by atoms with E-state index in [0.29, 0.717) is 17.9 Å². The summed E-state index contributed by atoms with van der Waals surface area (Å²) in [4.78, 5) is 2.53. The van der Waals surface area contributed by atoms with Gasteiger partial charge in [-0.3, -0.25) is 4.90 Å². The summed E-state index contributed by atoms with van der Waals surface area (Å²) in [5, 5.41) is 0. The number of hydrogen-bond donors (Lipinski definition) is 1. The van der Waals surface area contributed by atoms with Crippen LogP contribution in [0.3, 0.4) is 0 Å². The normalized spacial score (nSPS) is 15.2. The monoisotopic (exact) mass is 262 g/mol. The Balaban J connectivity index is 2.92. The average Bonchev–Trinajstić information content (AvgIpc) is 2.37. The number of hydrogen-bond acceptors (Lipinski definition) is 2. The molecule has 2 nitrogen and oxygen atoms in total. The Bertz CT molecular complexity index is 346. The van der Waals surface area contributed by atoms with Crippen molar-refractivity contribution in [3.63, 3.8) is 0 Å². The van der Waals surface area contributed by atoms with Crippen molar-refractivity contribution in [1.82, 2.24) is 4.90 Å². The van der Waals surface area contributed by atoms with Gasteiger partial charge in [0, 0.05) is 18.6 Å². The number of likely N-dealkylation sites (N-methyl/N-ethyl adjacent to an activating group) is 1. The van der Waals surface area contributed by atoms with Gasteiger partial charge in [-0.2, -0.15) is 0 Å². The van der Waals surface area contributed by atoms with E-state index < -0.39 is 0 Å². The molecule has 0 aliphatic rings. The molecule has 2 heteroatoms. The van der Waals surface area contributed by atoms with Gasteiger partial charge in [0.25, 0.3) is 0 Å². The highest BCUT2D eigenvalue weighted by Gasteiger charge is 2.28. The summed E-state index contributed by atoms with van der Waals surface area (Å²) in [6, 6.07) is 11.0. The molecule has 0 radical (unpaired) electrons. The topological polar surface area (TPSA) is 29.3 Å². The van der Waals surface area contributed by atoms with Crippen LogP contribution in [-0.4, -0.2) is 24.0 Å². The molecule has 1 aromatic rings. The van der Waals surface area contributed by atoms with Gasteiger partial charge in [-0.15, -0.1) is 0 Å². The first-order valence-electron chi connectivity index (χ1n) is 7.51. The maximum Gasteiger partial charge on any atom is 0.0455 e. The van der Waals surface area contributed by atoms with Crippen LogP contribution in [0.25, 0.3) is 0 Å². The van der Waals surface area contributed by atoms with E-state index in [1.54, 1.807) is 0 Å². The molecule has 0 bridgehead atoms. The van der Waals surface area contributed by atoms with Crippen LogP contribution in [0, 0.1) is 11.8 Å². The summed E-state index contributed by atoms with van der Waals surface area (Å²) in [5.41, 5.74) is 7.79. The fourth-order valence-corrected chi connectivity index (χ4v) is 2.87. The molecule has 0 saturated heterocycles. The molecule has 0 saturated carbocycles. The standard InChI is InChI=1S/C17H30N2/c1-6-19(12-13(2)3)17(14(4)5)16(18)15-10-8-7-9-11-15/h7-11,13-14,16-17H,6,12,18H2,1-5H3. The molecule has 2 atom stereocenters. The Hall–Kier alpha value is -0.860. The summed E-state index contributed by atoms with van der Waals surface area (Å²) in [7, 11) is 0. The SMILES string of the molecule is CCN(CC(C)C)C(C(C)C)C(N)c1ccccc1. The lowest BCUT2D eigenvalue weighted by atomic mass is 9.90. The molecule has 0 amide bonds. The van der Waals surface area contributed by atoms with Crippen molar-refractivity contribution < 1.29 is 0 Å². The minimum atomic E-state index is 0.0832. The zero-order valence-corrected chi connectivity index (χ0v) is 13.1. The average molecular weight is 262 g/mol. The van der Waals surface area contributed by atoms with E-state index in [1.807, 2.05) is 6.07 Å². The van der Waals surface area contributed by atoms with E-state index in [2.05, 4.69) is 63.8 Å². The molecule has 0 aromatic heterocycles.